The van der Waals surface area contributed by atoms with E-state index in [0.717, 1.165) is 5.69 Å². The normalized spacial score (nSPS) is 9.94. The number of carbonyl (C=O) groups excluding carboxylic acids is 1. The molecule has 1 aromatic carbocycles. The van der Waals surface area contributed by atoms with Crippen LogP contribution in [0.5, 0.6) is 0 Å². The molecule has 88 valence electrons. The van der Waals surface area contributed by atoms with E-state index in [2.05, 4.69) is 0 Å². The van der Waals surface area contributed by atoms with Crippen molar-refractivity contribution in [2.75, 3.05) is 30.8 Å². The summed E-state index contributed by atoms with van der Waals surface area (Å²) in [5.41, 5.74) is 7.09. The zero-order valence-corrected chi connectivity index (χ0v) is 10.1. The first-order chi connectivity index (χ1) is 7.54. The summed E-state index contributed by atoms with van der Waals surface area (Å²) in [6.45, 7) is 2.29. The second kappa shape index (κ2) is 5.61. The molecule has 0 fully saturated rings. The lowest BCUT2D eigenvalue weighted by molar-refractivity contribution is -0.141. The number of halogens is 1. The van der Waals surface area contributed by atoms with Crippen molar-refractivity contribution >= 4 is 28.9 Å². The molecule has 0 aromatic heterocycles. The molecule has 1 aromatic rings. The first-order valence-electron chi connectivity index (χ1n) is 4.96. The van der Waals surface area contributed by atoms with Gasteiger partial charge in [0.1, 0.15) is 6.54 Å². The molecule has 0 aliphatic carbocycles. The first-order valence-corrected chi connectivity index (χ1v) is 5.34. The third-order valence-electron chi connectivity index (χ3n) is 2.08. The van der Waals surface area contributed by atoms with E-state index < -0.39 is 0 Å². The van der Waals surface area contributed by atoms with Gasteiger partial charge >= 0.3 is 5.97 Å². The molecular weight excluding hydrogens is 228 g/mol. The molecule has 16 heavy (non-hydrogen) atoms. The van der Waals surface area contributed by atoms with Crippen molar-refractivity contribution in [2.45, 2.75) is 6.92 Å². The van der Waals surface area contributed by atoms with Crippen molar-refractivity contribution in [3.05, 3.63) is 23.2 Å². The van der Waals surface area contributed by atoms with Crippen molar-refractivity contribution in [1.29, 1.82) is 0 Å². The molecule has 0 unspecified atom stereocenters. The van der Waals surface area contributed by atoms with Crippen LogP contribution in [0.15, 0.2) is 18.2 Å². The van der Waals surface area contributed by atoms with E-state index in [4.69, 9.17) is 22.1 Å². The number of ether oxygens (including phenoxy) is 1. The average molecular weight is 243 g/mol. The lowest BCUT2D eigenvalue weighted by Gasteiger charge is -2.20. The van der Waals surface area contributed by atoms with Crippen LogP contribution in [0.25, 0.3) is 0 Å². The predicted octanol–water partition coefficient (Wildman–Crippen LogP) is 1.92. The molecule has 2 N–H and O–H groups in total. The number of hydrogen-bond acceptors (Lipinski definition) is 4. The zero-order valence-electron chi connectivity index (χ0n) is 9.37. The molecule has 0 atom stereocenters. The highest BCUT2D eigenvalue weighted by molar-refractivity contribution is 6.31. The summed E-state index contributed by atoms with van der Waals surface area (Å²) in [5.74, 6) is -0.288. The van der Waals surface area contributed by atoms with Crippen LogP contribution in [-0.4, -0.2) is 26.2 Å². The maximum Gasteiger partial charge on any atom is 0.325 e. The smallest absolute Gasteiger partial charge is 0.325 e. The number of esters is 1. The Morgan fingerprint density at radius 3 is 2.88 bits per heavy atom. The highest BCUT2D eigenvalue weighted by Gasteiger charge is 2.10. The van der Waals surface area contributed by atoms with E-state index in [1.807, 2.05) is 0 Å². The van der Waals surface area contributed by atoms with Crippen LogP contribution < -0.4 is 10.6 Å². The van der Waals surface area contributed by atoms with E-state index >= 15 is 0 Å². The van der Waals surface area contributed by atoms with Crippen LogP contribution in [0.1, 0.15) is 6.92 Å². The second-order valence-electron chi connectivity index (χ2n) is 3.36. The number of anilines is 2. The molecule has 0 heterocycles. The van der Waals surface area contributed by atoms with Gasteiger partial charge in [-0.25, -0.2) is 0 Å². The Balaban J connectivity index is 2.76. The fraction of sp³-hybridized carbons (Fsp3) is 0.364. The maximum atomic E-state index is 11.3. The quantitative estimate of drug-likeness (QED) is 0.648. The molecule has 4 nitrogen and oxygen atoms in total. The van der Waals surface area contributed by atoms with Gasteiger partial charge < -0.3 is 15.4 Å². The third-order valence-corrected chi connectivity index (χ3v) is 2.31. The molecule has 0 saturated carbocycles. The number of nitrogen functional groups attached to an aromatic ring is 1. The lowest BCUT2D eigenvalue weighted by atomic mass is 10.2. The molecule has 5 heteroatoms. The van der Waals surface area contributed by atoms with Crippen molar-refractivity contribution in [3.63, 3.8) is 0 Å². The molecule has 0 amide bonds. The fourth-order valence-corrected chi connectivity index (χ4v) is 1.50. The Hall–Kier alpha value is -1.42. The number of nitrogens with two attached hydrogens (primary N) is 1. The van der Waals surface area contributed by atoms with Crippen LogP contribution in [0, 0.1) is 0 Å². The largest absolute Gasteiger partial charge is 0.465 e. The molecule has 0 bridgehead atoms. The highest BCUT2D eigenvalue weighted by atomic mass is 35.5. The summed E-state index contributed by atoms with van der Waals surface area (Å²) < 4.78 is 4.85. The van der Waals surface area contributed by atoms with Crippen LogP contribution >= 0.6 is 11.6 Å². The summed E-state index contributed by atoms with van der Waals surface area (Å²) in [6.07, 6.45) is 0. The lowest BCUT2D eigenvalue weighted by Crippen LogP contribution is -2.27. The Morgan fingerprint density at radius 1 is 1.56 bits per heavy atom. The molecule has 0 aliphatic rings. The standard InChI is InChI=1S/C11H15ClN2O2/c1-3-16-11(15)7-14(2)10-6-8(12)4-5-9(10)13/h4-6H,3,7,13H2,1-2H3. The van der Waals surface area contributed by atoms with Gasteiger partial charge in [-0.05, 0) is 25.1 Å². The Morgan fingerprint density at radius 2 is 2.25 bits per heavy atom. The van der Waals surface area contributed by atoms with Crippen LogP contribution in [0.4, 0.5) is 11.4 Å². The molecular formula is C11H15ClN2O2. The minimum Gasteiger partial charge on any atom is -0.465 e. The number of carbonyl (C=O) groups is 1. The number of hydrogen-bond donors (Lipinski definition) is 1. The van der Waals surface area contributed by atoms with Gasteiger partial charge in [-0.3, -0.25) is 4.79 Å². The van der Waals surface area contributed by atoms with Gasteiger partial charge in [0.2, 0.25) is 0 Å². The summed E-state index contributed by atoms with van der Waals surface area (Å²) in [6, 6.07) is 5.13. The van der Waals surface area contributed by atoms with Crippen molar-refractivity contribution in [3.8, 4) is 0 Å². The molecule has 0 aliphatic heterocycles. The average Bonchev–Trinajstić information content (AvgIpc) is 2.21. The van der Waals surface area contributed by atoms with Crippen molar-refractivity contribution in [2.24, 2.45) is 0 Å². The van der Waals surface area contributed by atoms with E-state index in [1.165, 1.54) is 0 Å². The maximum absolute atomic E-state index is 11.3. The van der Waals surface area contributed by atoms with E-state index in [1.54, 1.807) is 37.1 Å². The van der Waals surface area contributed by atoms with Gasteiger partial charge in [0, 0.05) is 12.1 Å². The summed E-state index contributed by atoms with van der Waals surface area (Å²) in [5, 5.41) is 0.583. The third kappa shape index (κ3) is 3.31. The number of likely N-dealkylation sites (N-methyl/N-ethyl adjacent to an activating group) is 1. The van der Waals surface area contributed by atoms with Crippen LogP contribution in [0.3, 0.4) is 0 Å². The summed E-state index contributed by atoms with van der Waals surface area (Å²) in [7, 11) is 1.76. The SMILES string of the molecule is CCOC(=O)CN(C)c1cc(Cl)ccc1N. The number of benzene rings is 1. The molecule has 0 spiro atoms. The number of nitrogens with zero attached hydrogens (tertiary/aromatic N) is 1. The monoisotopic (exact) mass is 242 g/mol. The number of rotatable bonds is 4. The Bertz CT molecular complexity index is 382. The van der Waals surface area contributed by atoms with E-state index in [-0.39, 0.29) is 12.5 Å². The molecule has 0 saturated heterocycles. The van der Waals surface area contributed by atoms with Gasteiger partial charge in [0.05, 0.1) is 18.0 Å². The minimum absolute atomic E-state index is 0.151. The second-order valence-corrected chi connectivity index (χ2v) is 3.80. The molecule has 0 radical (unpaired) electrons. The van der Waals surface area contributed by atoms with Gasteiger partial charge in [-0.2, -0.15) is 0 Å². The summed E-state index contributed by atoms with van der Waals surface area (Å²) in [4.78, 5) is 13.0. The first kappa shape index (κ1) is 12.6. The Labute approximate surface area is 99.9 Å². The van der Waals surface area contributed by atoms with Crippen LogP contribution in [0.2, 0.25) is 5.02 Å². The highest BCUT2D eigenvalue weighted by Crippen LogP contribution is 2.25. The van der Waals surface area contributed by atoms with Gasteiger partial charge in [0.25, 0.3) is 0 Å². The minimum atomic E-state index is -0.288. The van der Waals surface area contributed by atoms with Crippen LogP contribution in [-0.2, 0) is 9.53 Å². The Kier molecular flexibility index (Phi) is 4.43. The van der Waals surface area contributed by atoms with Crippen molar-refractivity contribution in [1.82, 2.24) is 0 Å². The summed E-state index contributed by atoms with van der Waals surface area (Å²) >= 11 is 5.86. The fourth-order valence-electron chi connectivity index (χ4n) is 1.33. The molecule has 1 rings (SSSR count). The topological polar surface area (TPSA) is 55.6 Å². The predicted molar refractivity (Wildman–Crippen MR) is 65.8 cm³/mol. The van der Waals surface area contributed by atoms with Gasteiger partial charge in [0.15, 0.2) is 0 Å². The van der Waals surface area contributed by atoms with Gasteiger partial charge in [-0.1, -0.05) is 11.6 Å². The zero-order chi connectivity index (χ0) is 12.1. The van der Waals surface area contributed by atoms with E-state index in [0.29, 0.717) is 17.3 Å². The van der Waals surface area contributed by atoms with E-state index in [9.17, 15) is 4.79 Å². The van der Waals surface area contributed by atoms with Crippen molar-refractivity contribution < 1.29 is 9.53 Å². The van der Waals surface area contributed by atoms with Gasteiger partial charge in [-0.15, -0.1) is 0 Å².